The lowest BCUT2D eigenvalue weighted by Crippen LogP contribution is -2.41. The standard InChI is InChI=1S/C32H41N5O4Si.C25H26N6O4.2CH4/c1-8-27(37-16-15-34-30(37)20(2)41-42(6,7)32(3,4)5)26-17-28(40-35-26)22-12-9-21(10-13-22)11-14-23-24-18-36(19-25(23)24)31(39)29(33)38;1-14(32)24-28-8-9-31(24)21(11-26)20-10-22(35-29-20)16-5-2-15(3-6-16)4-7-17-18-12-30(13-19(17)18)25(34)23(27)33;;/h9-10,12-13,15-17,20,23-25,27H,8,18-19H2,1-7H3,(H2,33,38);2-3,5-6,8-10,14,17-19,21,32H,11-13,26H2,1H3,(H2,27,33);2*1H4/t20-,23?,24-,25+,27+;14-,17?,18-,19+,21+;;/m00../s1. The molecule has 2 aliphatic carbocycles. The zero-order valence-electron chi connectivity index (χ0n) is 44.7. The average molecular weight is 1090 g/mol. The van der Waals surface area contributed by atoms with Crippen LogP contribution in [0.4, 0.5) is 0 Å². The molecule has 6 aromatic rings. The van der Waals surface area contributed by atoms with Gasteiger partial charge in [0.25, 0.3) is 0 Å². The van der Waals surface area contributed by atoms with Crippen LogP contribution in [0.5, 0.6) is 0 Å². The number of rotatable bonds is 12. The number of amides is 4. The number of aliphatic hydroxyl groups excluding tert-OH is 1. The van der Waals surface area contributed by atoms with E-state index in [1.165, 1.54) is 9.80 Å². The van der Waals surface area contributed by atoms with Gasteiger partial charge in [0, 0.05) is 104 Å². The number of hydrogen-bond acceptors (Lipinski definition) is 13. The molecule has 0 bridgehead atoms. The lowest BCUT2D eigenvalue weighted by atomic mass is 10.1. The maximum atomic E-state index is 11.8. The summed E-state index contributed by atoms with van der Waals surface area (Å²) in [5.74, 6) is 14.6. The second kappa shape index (κ2) is 23.8. The summed E-state index contributed by atoms with van der Waals surface area (Å²) in [4.78, 5) is 57.6. The Bertz CT molecular complexity index is 3250. The topological polar surface area (TPSA) is 270 Å². The van der Waals surface area contributed by atoms with Crippen molar-refractivity contribution in [1.29, 1.82) is 0 Å². The van der Waals surface area contributed by atoms with Crippen molar-refractivity contribution in [1.82, 2.24) is 39.2 Å². The third-order valence-corrected chi connectivity index (χ3v) is 20.5. The van der Waals surface area contributed by atoms with Crippen molar-refractivity contribution < 1.29 is 37.8 Å². The summed E-state index contributed by atoms with van der Waals surface area (Å²) in [6.07, 6.45) is 7.18. The fraction of sp³-hybridized carbons (Fsp3) is 0.458. The number of primary amides is 2. The summed E-state index contributed by atoms with van der Waals surface area (Å²) in [6, 6.07) is 19.2. The molecular weight excluding hydrogens is 1020 g/mol. The Hall–Kier alpha value is -7.62. The highest BCUT2D eigenvalue weighted by Crippen LogP contribution is 2.52. The number of nitrogens with two attached hydrogens (primary N) is 3. The molecule has 7 N–H and O–H groups in total. The van der Waals surface area contributed by atoms with E-state index in [1.807, 2.05) is 73.1 Å². The van der Waals surface area contributed by atoms with Crippen molar-refractivity contribution in [3.05, 3.63) is 120 Å². The highest BCUT2D eigenvalue weighted by molar-refractivity contribution is 6.74. The summed E-state index contributed by atoms with van der Waals surface area (Å²) in [7, 11) is -1.97. The number of likely N-dealkylation sites (tertiary alicyclic amines) is 2. The van der Waals surface area contributed by atoms with Crippen molar-refractivity contribution in [3.63, 3.8) is 0 Å². The maximum Gasteiger partial charge on any atom is 0.311 e. The van der Waals surface area contributed by atoms with Gasteiger partial charge in [0.15, 0.2) is 19.8 Å². The molecule has 2 saturated carbocycles. The SMILES string of the molecule is C.C.CC[C@H](c1cc(-c2ccc(C#CC3[C@H]4CN(C(=O)C(N)=O)C[C@@H]34)cc2)on1)n1ccnc1[C@H](C)O[Si](C)(C)C(C)(C)C.C[C@H](O)c1nccn1[C@H](CN)c1cc(-c2ccc(C#CC3[C@H]4CN(C(=O)C(N)=O)C[C@@H]34)cc2)on1. The number of nitrogens with zero attached hydrogens (tertiary/aromatic N) is 8. The van der Waals surface area contributed by atoms with Crippen LogP contribution >= 0.6 is 0 Å². The molecule has 2 unspecified atom stereocenters. The van der Waals surface area contributed by atoms with E-state index in [4.69, 9.17) is 30.7 Å². The number of fused-ring (bicyclic) bond motifs is 2. The first-order chi connectivity index (χ1) is 36.7. The van der Waals surface area contributed by atoms with Gasteiger partial charge in [-0.15, -0.1) is 0 Å². The Balaban J connectivity index is 0.000000226. The van der Waals surface area contributed by atoms with Gasteiger partial charge in [0.05, 0.1) is 12.1 Å². The van der Waals surface area contributed by atoms with E-state index in [9.17, 15) is 24.3 Å². The van der Waals surface area contributed by atoms with Gasteiger partial charge in [-0.05, 0) is 111 Å². The molecule has 0 radical (unpaired) electrons. The van der Waals surface area contributed by atoms with E-state index >= 15 is 0 Å². The van der Waals surface area contributed by atoms with E-state index in [-0.39, 0.29) is 56.5 Å². The van der Waals surface area contributed by atoms with Crippen LogP contribution < -0.4 is 17.2 Å². The van der Waals surface area contributed by atoms with Crippen molar-refractivity contribution in [2.75, 3.05) is 32.7 Å². The molecule has 6 heterocycles. The van der Waals surface area contributed by atoms with Crippen LogP contribution in [-0.4, -0.2) is 109 Å². The Morgan fingerprint density at radius 3 is 1.49 bits per heavy atom. The van der Waals surface area contributed by atoms with Crippen molar-refractivity contribution in [2.24, 2.45) is 52.7 Å². The molecule has 20 heteroatoms. The molecule has 418 valence electrons. The van der Waals surface area contributed by atoms with Gasteiger partial charge in [-0.25, -0.2) is 9.97 Å². The summed E-state index contributed by atoms with van der Waals surface area (Å²) in [5, 5.41) is 18.7. The molecule has 2 aliphatic heterocycles. The summed E-state index contributed by atoms with van der Waals surface area (Å²) in [5.41, 5.74) is 21.3. The Morgan fingerprint density at radius 2 is 1.11 bits per heavy atom. The van der Waals surface area contributed by atoms with Crippen LogP contribution in [0, 0.1) is 59.2 Å². The predicted octanol–water partition coefficient (Wildman–Crippen LogP) is 7.11. The first kappa shape index (κ1) is 59.0. The first-order valence-electron chi connectivity index (χ1n) is 26.1. The van der Waals surface area contributed by atoms with Crippen LogP contribution in [0.1, 0.15) is 121 Å². The predicted molar refractivity (Wildman–Crippen MR) is 301 cm³/mol. The van der Waals surface area contributed by atoms with Gasteiger partial charge in [0.1, 0.15) is 35.2 Å². The van der Waals surface area contributed by atoms with Crippen molar-refractivity contribution >= 4 is 31.9 Å². The number of aliphatic hydroxyl groups is 1. The van der Waals surface area contributed by atoms with E-state index in [1.54, 1.807) is 23.9 Å². The van der Waals surface area contributed by atoms with Gasteiger partial charge in [-0.2, -0.15) is 0 Å². The summed E-state index contributed by atoms with van der Waals surface area (Å²) < 4.78 is 22.0. The number of benzene rings is 2. The summed E-state index contributed by atoms with van der Waals surface area (Å²) >= 11 is 0. The largest absolute Gasteiger partial charge is 0.407 e. The van der Waals surface area contributed by atoms with E-state index in [0.717, 1.165) is 40.2 Å². The fourth-order valence-electron chi connectivity index (χ4n) is 10.5. The normalized spacial score (nSPS) is 21.1. The van der Waals surface area contributed by atoms with Crippen molar-refractivity contribution in [2.45, 2.75) is 105 Å². The second-order valence-corrected chi connectivity index (χ2v) is 26.8. The maximum absolute atomic E-state index is 11.8. The first-order valence-corrected chi connectivity index (χ1v) is 29.0. The highest BCUT2D eigenvalue weighted by atomic mass is 28.4. The summed E-state index contributed by atoms with van der Waals surface area (Å²) in [6.45, 7) is 19.6. The van der Waals surface area contributed by atoms with Crippen LogP contribution in [0.2, 0.25) is 18.1 Å². The molecular formula is C59H75N11O8Si. The molecule has 4 fully saturated rings. The Labute approximate surface area is 463 Å². The van der Waals surface area contributed by atoms with Gasteiger partial charge in [-0.3, -0.25) is 19.2 Å². The van der Waals surface area contributed by atoms with Crippen LogP contribution in [0.15, 0.2) is 94.5 Å². The minimum Gasteiger partial charge on any atom is -0.407 e. The fourth-order valence-corrected chi connectivity index (χ4v) is 11.8. The molecule has 4 aliphatic rings. The molecule has 79 heavy (non-hydrogen) atoms. The zero-order valence-corrected chi connectivity index (χ0v) is 45.7. The number of carbonyl (C=O) groups is 4. The number of carbonyl (C=O) groups excluding carboxylic acids is 4. The quantitative estimate of drug-likeness (QED) is 0.0541. The minimum absolute atomic E-state index is 0. The van der Waals surface area contributed by atoms with Gasteiger partial charge < -0.3 is 54.7 Å². The molecule has 4 aromatic heterocycles. The van der Waals surface area contributed by atoms with Gasteiger partial charge >= 0.3 is 23.6 Å². The molecule has 0 spiro atoms. The molecule has 4 amide bonds. The number of piperidine rings is 2. The Kier molecular flexibility index (Phi) is 17.8. The zero-order chi connectivity index (χ0) is 55.1. The van der Waals surface area contributed by atoms with Crippen LogP contribution in [-0.2, 0) is 23.6 Å². The number of hydrogen-bond donors (Lipinski definition) is 4. The third kappa shape index (κ3) is 12.5. The Morgan fingerprint density at radius 1 is 0.709 bits per heavy atom. The third-order valence-electron chi connectivity index (χ3n) is 15.9. The number of aromatic nitrogens is 6. The monoisotopic (exact) mass is 1090 g/mol. The minimum atomic E-state index is -1.97. The van der Waals surface area contributed by atoms with Crippen LogP contribution in [0.25, 0.3) is 22.6 Å². The van der Waals surface area contributed by atoms with Crippen molar-refractivity contribution in [3.8, 4) is 46.3 Å². The smallest absolute Gasteiger partial charge is 0.311 e. The van der Waals surface area contributed by atoms with E-state index in [0.29, 0.717) is 72.9 Å². The average Bonchev–Trinajstić information content (AvgIpc) is 4.28. The van der Waals surface area contributed by atoms with Gasteiger partial charge in [0.2, 0.25) is 0 Å². The molecule has 2 aromatic carbocycles. The molecule has 10 atom stereocenters. The lowest BCUT2D eigenvalue weighted by molar-refractivity contribution is -0.143. The second-order valence-electron chi connectivity index (χ2n) is 22.0. The molecule has 2 saturated heterocycles. The molecule has 19 nitrogen and oxygen atoms in total. The molecule has 10 rings (SSSR count). The number of imidazole rings is 2. The van der Waals surface area contributed by atoms with Gasteiger partial charge in [-0.1, -0.05) is 76.5 Å². The van der Waals surface area contributed by atoms with E-state index in [2.05, 4.69) is 96.2 Å². The lowest BCUT2D eigenvalue weighted by Gasteiger charge is -2.38. The highest BCUT2D eigenvalue weighted by Gasteiger charge is 2.57. The van der Waals surface area contributed by atoms with Crippen LogP contribution in [0.3, 0.4) is 0 Å². The van der Waals surface area contributed by atoms with E-state index < -0.39 is 38.1 Å².